The number of likely N-dealkylation sites (tertiary alicyclic amines) is 2. The number of aromatic nitrogens is 2. The van der Waals surface area contributed by atoms with Gasteiger partial charge in [0.15, 0.2) is 0 Å². The third-order valence-corrected chi connectivity index (χ3v) is 9.90. The fourth-order valence-electron chi connectivity index (χ4n) is 7.84. The number of carbonyl (C=O) groups excluding carboxylic acids is 1. The molecule has 2 saturated heterocycles. The van der Waals surface area contributed by atoms with E-state index in [9.17, 15) is 9.18 Å². The quantitative estimate of drug-likeness (QED) is 0.417. The SMILES string of the molecule is CCc1nn2c(c1C1CCN(C[C@@H]3CN(COC(=O)C4CCCC4)C[C@@H]3c3cccc(F)c3)CC1)CCCC2. The topological polar surface area (TPSA) is 50.6 Å². The number of nitrogens with zero attached hydrogens (tertiary/aromatic N) is 4. The maximum absolute atomic E-state index is 14.2. The van der Waals surface area contributed by atoms with E-state index in [-0.39, 0.29) is 23.6 Å². The van der Waals surface area contributed by atoms with Crippen molar-refractivity contribution >= 4 is 5.97 Å². The molecule has 3 fully saturated rings. The first kappa shape index (κ1) is 26.9. The minimum atomic E-state index is -0.172. The van der Waals surface area contributed by atoms with Crippen LogP contribution >= 0.6 is 0 Å². The zero-order chi connectivity index (χ0) is 26.8. The summed E-state index contributed by atoms with van der Waals surface area (Å²) in [7, 11) is 0. The molecule has 6 nitrogen and oxygen atoms in total. The van der Waals surface area contributed by atoms with Crippen LogP contribution in [-0.4, -0.2) is 65.0 Å². The maximum atomic E-state index is 14.2. The Kier molecular flexibility index (Phi) is 8.35. The minimum absolute atomic E-state index is 0.0332. The second kappa shape index (κ2) is 12.1. The molecule has 212 valence electrons. The first-order valence-corrected chi connectivity index (χ1v) is 15.5. The first-order valence-electron chi connectivity index (χ1n) is 15.5. The van der Waals surface area contributed by atoms with Crippen molar-refractivity contribution < 1.29 is 13.9 Å². The Morgan fingerprint density at radius 1 is 1.03 bits per heavy atom. The van der Waals surface area contributed by atoms with Gasteiger partial charge in [-0.25, -0.2) is 4.39 Å². The molecule has 7 heteroatoms. The van der Waals surface area contributed by atoms with Crippen molar-refractivity contribution in [2.75, 3.05) is 39.5 Å². The molecule has 0 unspecified atom stereocenters. The Morgan fingerprint density at radius 3 is 2.62 bits per heavy atom. The van der Waals surface area contributed by atoms with Gasteiger partial charge in [-0.1, -0.05) is 31.9 Å². The molecule has 1 aromatic carbocycles. The predicted molar refractivity (Wildman–Crippen MR) is 150 cm³/mol. The summed E-state index contributed by atoms with van der Waals surface area (Å²) in [6.45, 7) is 8.58. The lowest BCUT2D eigenvalue weighted by Gasteiger charge is -2.35. The molecule has 39 heavy (non-hydrogen) atoms. The summed E-state index contributed by atoms with van der Waals surface area (Å²) in [6, 6.07) is 7.12. The second-order valence-electron chi connectivity index (χ2n) is 12.4. The van der Waals surface area contributed by atoms with E-state index in [0.29, 0.717) is 18.6 Å². The van der Waals surface area contributed by atoms with E-state index >= 15 is 0 Å². The molecule has 0 bridgehead atoms. The van der Waals surface area contributed by atoms with Crippen LogP contribution in [0.25, 0.3) is 0 Å². The number of hydrogen-bond donors (Lipinski definition) is 0. The molecule has 0 spiro atoms. The molecule has 4 aliphatic rings. The highest BCUT2D eigenvalue weighted by Crippen LogP contribution is 2.38. The van der Waals surface area contributed by atoms with E-state index in [4.69, 9.17) is 9.84 Å². The van der Waals surface area contributed by atoms with E-state index in [1.54, 1.807) is 11.6 Å². The van der Waals surface area contributed by atoms with Gasteiger partial charge in [-0.3, -0.25) is 14.4 Å². The van der Waals surface area contributed by atoms with Crippen molar-refractivity contribution in [3.63, 3.8) is 0 Å². The number of piperidine rings is 1. The van der Waals surface area contributed by atoms with Crippen LogP contribution in [0.5, 0.6) is 0 Å². The molecule has 0 amide bonds. The van der Waals surface area contributed by atoms with Crippen molar-refractivity contribution in [2.45, 2.75) is 89.5 Å². The Bertz CT molecular complexity index is 1140. The number of hydrogen-bond acceptors (Lipinski definition) is 5. The van der Waals surface area contributed by atoms with Gasteiger partial charge >= 0.3 is 5.97 Å². The van der Waals surface area contributed by atoms with E-state index in [0.717, 1.165) is 76.9 Å². The van der Waals surface area contributed by atoms with E-state index in [1.807, 2.05) is 6.07 Å². The molecule has 3 aliphatic heterocycles. The predicted octanol–water partition coefficient (Wildman–Crippen LogP) is 5.51. The van der Waals surface area contributed by atoms with Gasteiger partial charge in [-0.15, -0.1) is 0 Å². The van der Waals surface area contributed by atoms with Gasteiger partial charge in [0.05, 0.1) is 11.6 Å². The van der Waals surface area contributed by atoms with Crippen molar-refractivity contribution in [1.29, 1.82) is 0 Å². The summed E-state index contributed by atoms with van der Waals surface area (Å²) >= 11 is 0. The number of ether oxygens (including phenoxy) is 1. The molecular formula is C32H45FN4O2. The third kappa shape index (κ3) is 5.95. The van der Waals surface area contributed by atoms with Gasteiger partial charge in [0.2, 0.25) is 0 Å². The number of rotatable bonds is 8. The van der Waals surface area contributed by atoms with Crippen LogP contribution in [0.15, 0.2) is 24.3 Å². The van der Waals surface area contributed by atoms with E-state index in [2.05, 4.69) is 27.5 Å². The van der Waals surface area contributed by atoms with Crippen LogP contribution < -0.4 is 0 Å². The zero-order valence-corrected chi connectivity index (χ0v) is 23.6. The van der Waals surface area contributed by atoms with Crippen molar-refractivity contribution in [3.05, 3.63) is 52.6 Å². The maximum Gasteiger partial charge on any atom is 0.310 e. The zero-order valence-electron chi connectivity index (χ0n) is 23.6. The normalized spacial score (nSPS) is 25.3. The van der Waals surface area contributed by atoms with Crippen molar-refractivity contribution in [1.82, 2.24) is 19.6 Å². The first-order chi connectivity index (χ1) is 19.1. The molecule has 4 heterocycles. The highest BCUT2D eigenvalue weighted by atomic mass is 19.1. The van der Waals surface area contributed by atoms with E-state index in [1.165, 1.54) is 49.6 Å². The molecule has 1 saturated carbocycles. The molecule has 2 aromatic rings. The number of benzene rings is 1. The lowest BCUT2D eigenvalue weighted by molar-refractivity contribution is -0.152. The average Bonchev–Trinajstić information content (AvgIpc) is 3.71. The van der Waals surface area contributed by atoms with Gasteiger partial charge in [0.1, 0.15) is 12.5 Å². The molecule has 1 aromatic heterocycles. The van der Waals surface area contributed by atoms with E-state index < -0.39 is 0 Å². The van der Waals surface area contributed by atoms with Crippen LogP contribution in [0.2, 0.25) is 0 Å². The average molecular weight is 537 g/mol. The fourth-order valence-corrected chi connectivity index (χ4v) is 7.84. The second-order valence-corrected chi connectivity index (χ2v) is 12.4. The summed E-state index contributed by atoms with van der Waals surface area (Å²) in [6.07, 6.45) is 11.3. The van der Waals surface area contributed by atoms with Gasteiger partial charge < -0.3 is 9.64 Å². The lowest BCUT2D eigenvalue weighted by Crippen LogP contribution is -2.38. The molecule has 2 atom stereocenters. The summed E-state index contributed by atoms with van der Waals surface area (Å²) in [5, 5.41) is 4.99. The Balaban J connectivity index is 1.09. The van der Waals surface area contributed by atoms with Crippen molar-refractivity contribution in [2.24, 2.45) is 11.8 Å². The van der Waals surface area contributed by atoms with Gasteiger partial charge in [0, 0.05) is 37.8 Å². The summed E-state index contributed by atoms with van der Waals surface area (Å²) in [5.41, 5.74) is 5.49. The Morgan fingerprint density at radius 2 is 1.85 bits per heavy atom. The van der Waals surface area contributed by atoms with Crippen LogP contribution in [0, 0.1) is 17.7 Å². The van der Waals surface area contributed by atoms with Gasteiger partial charge in [0.25, 0.3) is 0 Å². The monoisotopic (exact) mass is 536 g/mol. The number of carbonyl (C=O) groups is 1. The Labute approximate surface area is 232 Å². The van der Waals surface area contributed by atoms with Gasteiger partial charge in [-0.05, 0) is 99.6 Å². The molecular weight excluding hydrogens is 491 g/mol. The number of esters is 1. The molecule has 1 aliphatic carbocycles. The Hall–Kier alpha value is -2.25. The standard InChI is InChI=1S/C32H45FN4O2/c1-2-29-31(30-12-5-6-15-37(30)34-29)23-13-16-35(17-14-23)19-26-20-36(22-39-32(38)24-8-3-4-9-24)21-28(26)25-10-7-11-27(33)18-25/h7,10-11,18,23-24,26,28H,2-6,8-9,12-17,19-22H2,1H3/t26-,28-/m1/s1. The number of halogens is 1. The highest BCUT2D eigenvalue weighted by Gasteiger charge is 2.37. The third-order valence-electron chi connectivity index (χ3n) is 9.90. The molecule has 0 radical (unpaired) electrons. The molecule has 0 N–H and O–H groups in total. The lowest BCUT2D eigenvalue weighted by atomic mass is 9.84. The summed E-state index contributed by atoms with van der Waals surface area (Å²) in [5.74, 6) is 1.14. The van der Waals surface area contributed by atoms with Crippen LogP contribution in [-0.2, 0) is 28.9 Å². The van der Waals surface area contributed by atoms with Gasteiger partial charge in [-0.2, -0.15) is 5.10 Å². The fraction of sp³-hybridized carbons (Fsp3) is 0.688. The summed E-state index contributed by atoms with van der Waals surface area (Å²) < 4.78 is 22.3. The summed E-state index contributed by atoms with van der Waals surface area (Å²) in [4.78, 5) is 17.4. The van der Waals surface area contributed by atoms with Crippen LogP contribution in [0.4, 0.5) is 4.39 Å². The van der Waals surface area contributed by atoms with Crippen molar-refractivity contribution in [3.8, 4) is 0 Å². The number of aryl methyl sites for hydroxylation is 2. The molecule has 6 rings (SSSR count). The van der Waals surface area contributed by atoms with Crippen LogP contribution in [0.1, 0.15) is 92.6 Å². The number of fused-ring (bicyclic) bond motifs is 1. The highest BCUT2D eigenvalue weighted by molar-refractivity contribution is 5.72. The minimum Gasteiger partial charge on any atom is -0.449 e. The van der Waals surface area contributed by atoms with Crippen LogP contribution in [0.3, 0.4) is 0 Å². The smallest absolute Gasteiger partial charge is 0.310 e. The largest absolute Gasteiger partial charge is 0.449 e.